The molecule has 7 nitrogen and oxygen atoms in total. The molecule has 0 spiro atoms. The molecule has 0 aliphatic carbocycles. The first kappa shape index (κ1) is 22.2. The molecule has 34 heavy (non-hydrogen) atoms. The number of fused-ring (bicyclic) bond motifs is 2. The van der Waals surface area contributed by atoms with Crippen molar-refractivity contribution in [2.75, 3.05) is 38.9 Å². The Balaban J connectivity index is 1.49. The van der Waals surface area contributed by atoms with Crippen molar-refractivity contribution >= 4 is 32.6 Å². The SMILES string of the molecule is CN(C)CCCN(C(=O)c1ccccc1Oc1ccccc1)c1nc2cc3c(cc2s1)OCO3. The smallest absolute Gasteiger partial charge is 0.263 e. The zero-order chi connectivity index (χ0) is 23.5. The van der Waals surface area contributed by atoms with Crippen LogP contribution in [0, 0.1) is 0 Å². The van der Waals surface area contributed by atoms with Gasteiger partial charge in [0.2, 0.25) is 6.79 Å². The molecule has 0 bridgehead atoms. The predicted octanol–water partition coefficient (Wildman–Crippen LogP) is 5.42. The number of para-hydroxylation sites is 2. The maximum atomic E-state index is 13.9. The van der Waals surface area contributed by atoms with Crippen LogP contribution in [-0.4, -0.2) is 49.8 Å². The summed E-state index contributed by atoms with van der Waals surface area (Å²) in [6.07, 6.45) is 0.805. The lowest BCUT2D eigenvalue weighted by molar-refractivity contribution is 0.0984. The highest BCUT2D eigenvalue weighted by Gasteiger charge is 2.25. The number of amides is 1. The van der Waals surface area contributed by atoms with Gasteiger partial charge in [0.05, 0.1) is 15.8 Å². The Bertz CT molecular complexity index is 1270. The summed E-state index contributed by atoms with van der Waals surface area (Å²) in [5.41, 5.74) is 1.27. The maximum absolute atomic E-state index is 13.9. The molecule has 0 radical (unpaired) electrons. The van der Waals surface area contributed by atoms with E-state index in [0.717, 1.165) is 23.2 Å². The molecule has 1 aromatic heterocycles. The van der Waals surface area contributed by atoms with Gasteiger partial charge in [-0.25, -0.2) is 4.98 Å². The van der Waals surface area contributed by atoms with Crippen molar-refractivity contribution in [2.24, 2.45) is 0 Å². The zero-order valence-electron chi connectivity index (χ0n) is 19.1. The quantitative estimate of drug-likeness (QED) is 0.339. The minimum atomic E-state index is -0.149. The number of anilines is 1. The highest BCUT2D eigenvalue weighted by Crippen LogP contribution is 2.40. The fourth-order valence-electron chi connectivity index (χ4n) is 3.74. The summed E-state index contributed by atoms with van der Waals surface area (Å²) in [4.78, 5) is 22.5. The van der Waals surface area contributed by atoms with Crippen LogP contribution in [0.1, 0.15) is 16.8 Å². The van der Waals surface area contributed by atoms with E-state index in [-0.39, 0.29) is 12.7 Å². The molecule has 1 aliphatic heterocycles. The Morgan fingerprint density at radius 3 is 2.53 bits per heavy atom. The molecule has 0 N–H and O–H groups in total. The van der Waals surface area contributed by atoms with E-state index in [1.807, 2.05) is 74.8 Å². The lowest BCUT2D eigenvalue weighted by atomic mass is 10.1. The van der Waals surface area contributed by atoms with Crippen LogP contribution in [0.3, 0.4) is 0 Å². The van der Waals surface area contributed by atoms with Crippen molar-refractivity contribution in [3.8, 4) is 23.0 Å². The Morgan fingerprint density at radius 1 is 1.00 bits per heavy atom. The number of hydrogen-bond donors (Lipinski definition) is 0. The zero-order valence-corrected chi connectivity index (χ0v) is 19.9. The molecule has 1 amide bonds. The van der Waals surface area contributed by atoms with Gasteiger partial charge < -0.3 is 19.1 Å². The highest BCUT2D eigenvalue weighted by atomic mass is 32.1. The molecule has 174 valence electrons. The van der Waals surface area contributed by atoms with Crippen LogP contribution in [-0.2, 0) is 0 Å². The number of carbonyl (C=O) groups excluding carboxylic acids is 1. The van der Waals surface area contributed by atoms with Crippen LogP contribution in [0.25, 0.3) is 10.2 Å². The van der Waals surface area contributed by atoms with Crippen LogP contribution in [0.4, 0.5) is 5.13 Å². The van der Waals surface area contributed by atoms with Crippen molar-refractivity contribution in [3.05, 3.63) is 72.3 Å². The molecule has 1 aliphatic rings. The average Bonchev–Trinajstić information content (AvgIpc) is 3.46. The van der Waals surface area contributed by atoms with Crippen molar-refractivity contribution in [2.45, 2.75) is 6.42 Å². The van der Waals surface area contributed by atoms with E-state index >= 15 is 0 Å². The van der Waals surface area contributed by atoms with E-state index in [2.05, 4.69) is 4.90 Å². The third-order valence-corrected chi connectivity index (χ3v) is 6.46. The largest absolute Gasteiger partial charge is 0.457 e. The number of nitrogens with zero attached hydrogens (tertiary/aromatic N) is 3. The lowest BCUT2D eigenvalue weighted by Crippen LogP contribution is -2.33. The van der Waals surface area contributed by atoms with Gasteiger partial charge >= 0.3 is 0 Å². The minimum absolute atomic E-state index is 0.149. The van der Waals surface area contributed by atoms with Gasteiger partial charge in [-0.1, -0.05) is 41.7 Å². The number of rotatable bonds is 8. The van der Waals surface area contributed by atoms with E-state index < -0.39 is 0 Å². The number of thiazole rings is 1. The standard InChI is InChI=1S/C26H25N3O4S/c1-28(2)13-8-14-29(26-27-20-15-22-23(32-17-31-22)16-24(20)34-26)25(30)19-11-6-7-12-21(19)33-18-9-4-3-5-10-18/h3-7,9-12,15-16H,8,13-14,17H2,1-2H3. The second-order valence-electron chi connectivity index (χ2n) is 8.19. The second-order valence-corrected chi connectivity index (χ2v) is 9.20. The summed E-state index contributed by atoms with van der Waals surface area (Å²) < 4.78 is 18.0. The molecule has 5 rings (SSSR count). The van der Waals surface area contributed by atoms with Gasteiger partial charge in [0, 0.05) is 18.7 Å². The average molecular weight is 476 g/mol. The number of benzene rings is 3. The number of carbonyl (C=O) groups is 1. The highest BCUT2D eigenvalue weighted by molar-refractivity contribution is 7.22. The van der Waals surface area contributed by atoms with Crippen molar-refractivity contribution in [3.63, 3.8) is 0 Å². The van der Waals surface area contributed by atoms with Crippen molar-refractivity contribution in [1.29, 1.82) is 0 Å². The molecular formula is C26H25N3O4S. The fraction of sp³-hybridized carbons (Fsp3) is 0.231. The van der Waals surface area contributed by atoms with E-state index in [1.165, 1.54) is 11.3 Å². The Labute approximate surface area is 202 Å². The Hall–Kier alpha value is -3.62. The first-order valence-corrected chi connectivity index (χ1v) is 11.9. The number of ether oxygens (including phenoxy) is 3. The maximum Gasteiger partial charge on any atom is 0.263 e. The third-order valence-electron chi connectivity index (χ3n) is 5.42. The van der Waals surface area contributed by atoms with Crippen LogP contribution >= 0.6 is 11.3 Å². The molecule has 3 aromatic carbocycles. The molecule has 0 saturated heterocycles. The van der Waals surface area contributed by atoms with Crippen molar-refractivity contribution in [1.82, 2.24) is 9.88 Å². The first-order valence-electron chi connectivity index (χ1n) is 11.1. The predicted molar refractivity (Wildman–Crippen MR) is 134 cm³/mol. The third kappa shape index (κ3) is 4.69. The van der Waals surface area contributed by atoms with Crippen LogP contribution in [0.15, 0.2) is 66.7 Å². The normalized spacial score (nSPS) is 12.3. The van der Waals surface area contributed by atoms with Gasteiger partial charge in [0.15, 0.2) is 16.6 Å². The molecule has 0 fully saturated rings. The van der Waals surface area contributed by atoms with Gasteiger partial charge in [-0.05, 0) is 51.3 Å². The lowest BCUT2D eigenvalue weighted by Gasteiger charge is -2.22. The summed E-state index contributed by atoms with van der Waals surface area (Å²) in [6.45, 7) is 1.60. The van der Waals surface area contributed by atoms with Gasteiger partial charge in [-0.3, -0.25) is 9.69 Å². The van der Waals surface area contributed by atoms with E-state index in [0.29, 0.717) is 40.2 Å². The van der Waals surface area contributed by atoms with E-state index in [9.17, 15) is 4.79 Å². The van der Waals surface area contributed by atoms with Gasteiger partial charge in [0.25, 0.3) is 5.91 Å². The molecule has 0 atom stereocenters. The topological polar surface area (TPSA) is 64.1 Å². The molecule has 0 unspecified atom stereocenters. The molecule has 2 heterocycles. The number of aromatic nitrogens is 1. The molecular weight excluding hydrogens is 450 g/mol. The van der Waals surface area contributed by atoms with Crippen LogP contribution in [0.2, 0.25) is 0 Å². The minimum Gasteiger partial charge on any atom is -0.457 e. The summed E-state index contributed by atoms with van der Waals surface area (Å²) in [6, 6.07) is 20.6. The summed E-state index contributed by atoms with van der Waals surface area (Å²) in [5, 5.41) is 0.636. The Kier molecular flexibility index (Phi) is 6.33. The summed E-state index contributed by atoms with van der Waals surface area (Å²) >= 11 is 1.47. The first-order chi connectivity index (χ1) is 16.6. The Morgan fingerprint density at radius 2 is 1.74 bits per heavy atom. The fourth-order valence-corrected chi connectivity index (χ4v) is 4.74. The summed E-state index contributed by atoms with van der Waals surface area (Å²) in [5.74, 6) is 2.42. The second kappa shape index (κ2) is 9.70. The van der Waals surface area contributed by atoms with Crippen molar-refractivity contribution < 1.29 is 19.0 Å². The van der Waals surface area contributed by atoms with E-state index in [4.69, 9.17) is 19.2 Å². The monoisotopic (exact) mass is 475 g/mol. The van der Waals surface area contributed by atoms with Crippen LogP contribution in [0.5, 0.6) is 23.0 Å². The number of hydrogen-bond acceptors (Lipinski definition) is 7. The molecule has 4 aromatic rings. The summed E-state index contributed by atoms with van der Waals surface area (Å²) in [7, 11) is 4.04. The molecule has 8 heteroatoms. The molecule has 0 saturated carbocycles. The van der Waals surface area contributed by atoms with Gasteiger partial charge in [-0.15, -0.1) is 0 Å². The van der Waals surface area contributed by atoms with E-state index in [1.54, 1.807) is 11.0 Å². The van der Waals surface area contributed by atoms with Gasteiger partial charge in [-0.2, -0.15) is 0 Å². The van der Waals surface area contributed by atoms with Crippen LogP contribution < -0.4 is 19.1 Å². The van der Waals surface area contributed by atoms with Gasteiger partial charge in [0.1, 0.15) is 11.5 Å².